The first kappa shape index (κ1) is 14.3. The molecule has 3 rings (SSSR count). The van der Waals surface area contributed by atoms with E-state index in [9.17, 15) is 9.90 Å². The Hall–Kier alpha value is -0.610. The number of nitrogens with zero attached hydrogens (tertiary/aromatic N) is 1. The van der Waals surface area contributed by atoms with Crippen molar-refractivity contribution < 1.29 is 9.90 Å². The second kappa shape index (κ2) is 5.64. The smallest absolute Gasteiger partial charge is 0.323 e. The van der Waals surface area contributed by atoms with Gasteiger partial charge >= 0.3 is 5.97 Å². The van der Waals surface area contributed by atoms with Gasteiger partial charge in [0.2, 0.25) is 0 Å². The molecule has 0 radical (unpaired) electrons. The number of hydrogen-bond donors (Lipinski definition) is 2. The highest BCUT2D eigenvalue weighted by Gasteiger charge is 2.49. The van der Waals surface area contributed by atoms with Gasteiger partial charge in [0.15, 0.2) is 0 Å². The average molecular weight is 280 g/mol. The lowest BCUT2D eigenvalue weighted by atomic mass is 9.97. The van der Waals surface area contributed by atoms with Crippen LogP contribution in [0.15, 0.2) is 0 Å². The summed E-state index contributed by atoms with van der Waals surface area (Å²) in [6.45, 7) is 4.54. The summed E-state index contributed by atoms with van der Waals surface area (Å²) in [6.07, 6.45) is 8.85. The molecule has 2 atom stereocenters. The summed E-state index contributed by atoms with van der Waals surface area (Å²) in [5, 5.41) is 13.1. The Morgan fingerprint density at radius 1 is 1.30 bits per heavy atom. The maximum atomic E-state index is 11.8. The molecule has 0 heterocycles. The summed E-state index contributed by atoms with van der Waals surface area (Å²) in [7, 11) is 0. The molecule has 3 aliphatic carbocycles. The van der Waals surface area contributed by atoms with Gasteiger partial charge in [0.05, 0.1) is 0 Å². The van der Waals surface area contributed by atoms with E-state index >= 15 is 0 Å². The van der Waals surface area contributed by atoms with Crippen LogP contribution >= 0.6 is 0 Å². The number of hydrogen-bond acceptors (Lipinski definition) is 3. The molecule has 114 valence electrons. The second-order valence-corrected chi connectivity index (χ2v) is 7.14. The number of aliphatic carboxylic acids is 1. The van der Waals surface area contributed by atoms with Crippen LogP contribution in [0.1, 0.15) is 58.3 Å². The highest BCUT2D eigenvalue weighted by molar-refractivity contribution is 5.79. The third-order valence-electron chi connectivity index (χ3n) is 5.17. The monoisotopic (exact) mass is 280 g/mol. The van der Waals surface area contributed by atoms with Crippen molar-refractivity contribution >= 4 is 5.97 Å². The van der Waals surface area contributed by atoms with Gasteiger partial charge in [-0.05, 0) is 63.8 Å². The molecule has 3 aliphatic rings. The zero-order valence-electron chi connectivity index (χ0n) is 12.6. The van der Waals surface area contributed by atoms with Crippen molar-refractivity contribution in [3.63, 3.8) is 0 Å². The van der Waals surface area contributed by atoms with E-state index in [4.69, 9.17) is 0 Å². The lowest BCUT2D eigenvalue weighted by Gasteiger charge is -2.31. The van der Waals surface area contributed by atoms with Gasteiger partial charge < -0.3 is 10.0 Å². The molecule has 0 aliphatic heterocycles. The fourth-order valence-corrected chi connectivity index (χ4v) is 3.68. The summed E-state index contributed by atoms with van der Waals surface area (Å²) < 4.78 is 0. The summed E-state index contributed by atoms with van der Waals surface area (Å²) in [5.41, 5.74) is -0.638. The zero-order valence-corrected chi connectivity index (χ0v) is 12.6. The maximum absolute atomic E-state index is 11.8. The average Bonchev–Trinajstić information content (AvgIpc) is 3.31. The summed E-state index contributed by atoms with van der Waals surface area (Å²) in [6, 6.07) is 0.936. The zero-order chi connectivity index (χ0) is 14.2. The Balaban J connectivity index is 1.63. The van der Waals surface area contributed by atoms with E-state index < -0.39 is 11.5 Å². The molecule has 0 spiro atoms. The van der Waals surface area contributed by atoms with Crippen LogP contribution in [-0.2, 0) is 4.79 Å². The first-order valence-corrected chi connectivity index (χ1v) is 8.38. The number of carbonyl (C=O) groups is 1. The molecule has 0 amide bonds. The molecule has 4 nitrogen and oxygen atoms in total. The Labute approximate surface area is 121 Å². The molecular formula is C16H28N2O2. The molecule has 2 N–H and O–H groups in total. The molecule has 20 heavy (non-hydrogen) atoms. The van der Waals surface area contributed by atoms with Gasteiger partial charge in [-0.15, -0.1) is 0 Å². The normalized spacial score (nSPS) is 33.8. The van der Waals surface area contributed by atoms with E-state index in [0.29, 0.717) is 12.1 Å². The minimum absolute atomic E-state index is 0.466. The predicted octanol–water partition coefficient (Wildman–Crippen LogP) is 2.24. The Kier molecular flexibility index (Phi) is 4.04. The fraction of sp³-hybridized carbons (Fsp3) is 0.938. The van der Waals surface area contributed by atoms with Crippen LogP contribution in [-0.4, -0.2) is 46.7 Å². The van der Waals surface area contributed by atoms with Crippen LogP contribution in [0.5, 0.6) is 0 Å². The molecule has 0 aromatic heterocycles. The lowest BCUT2D eigenvalue weighted by molar-refractivity contribution is -0.145. The molecule has 0 bridgehead atoms. The van der Waals surface area contributed by atoms with Crippen LogP contribution in [0.3, 0.4) is 0 Å². The van der Waals surface area contributed by atoms with Gasteiger partial charge in [-0.1, -0.05) is 6.92 Å². The SMILES string of the molecule is CCCN(CC1CC1)C1CCC(NC2CC2)(C(=O)O)C1. The van der Waals surface area contributed by atoms with Crippen molar-refractivity contribution in [1.82, 2.24) is 10.2 Å². The predicted molar refractivity (Wildman–Crippen MR) is 78.8 cm³/mol. The van der Waals surface area contributed by atoms with Gasteiger partial charge in [0.1, 0.15) is 5.54 Å². The van der Waals surface area contributed by atoms with Gasteiger partial charge in [-0.25, -0.2) is 0 Å². The van der Waals surface area contributed by atoms with E-state index in [-0.39, 0.29) is 0 Å². The van der Waals surface area contributed by atoms with Crippen molar-refractivity contribution in [3.8, 4) is 0 Å². The topological polar surface area (TPSA) is 52.6 Å². The molecule has 3 saturated carbocycles. The van der Waals surface area contributed by atoms with Crippen molar-refractivity contribution in [2.75, 3.05) is 13.1 Å². The first-order valence-electron chi connectivity index (χ1n) is 8.38. The van der Waals surface area contributed by atoms with Crippen molar-refractivity contribution in [2.45, 2.75) is 75.9 Å². The molecule has 0 saturated heterocycles. The van der Waals surface area contributed by atoms with Gasteiger partial charge in [0, 0.05) is 18.6 Å². The van der Waals surface area contributed by atoms with E-state index in [1.165, 1.54) is 25.8 Å². The van der Waals surface area contributed by atoms with Gasteiger partial charge in [-0.3, -0.25) is 10.1 Å². The largest absolute Gasteiger partial charge is 0.480 e. The molecule has 4 heteroatoms. The second-order valence-electron chi connectivity index (χ2n) is 7.14. The lowest BCUT2D eigenvalue weighted by Crippen LogP contribution is -2.52. The summed E-state index contributed by atoms with van der Waals surface area (Å²) in [5.74, 6) is 0.257. The third-order valence-corrected chi connectivity index (χ3v) is 5.17. The van der Waals surface area contributed by atoms with E-state index in [1.807, 2.05) is 0 Å². The number of carboxylic acid groups (broad SMARTS) is 1. The maximum Gasteiger partial charge on any atom is 0.323 e. The first-order chi connectivity index (χ1) is 9.63. The molecule has 3 fully saturated rings. The van der Waals surface area contributed by atoms with E-state index in [0.717, 1.165) is 44.6 Å². The summed E-state index contributed by atoms with van der Waals surface area (Å²) in [4.78, 5) is 14.3. The van der Waals surface area contributed by atoms with Crippen molar-refractivity contribution in [2.24, 2.45) is 5.92 Å². The fourth-order valence-electron chi connectivity index (χ4n) is 3.68. The van der Waals surface area contributed by atoms with Crippen molar-refractivity contribution in [1.29, 1.82) is 0 Å². The van der Waals surface area contributed by atoms with E-state index in [1.54, 1.807) is 0 Å². The number of nitrogens with one attached hydrogen (secondary N) is 1. The molecular weight excluding hydrogens is 252 g/mol. The number of carboxylic acids is 1. The van der Waals surface area contributed by atoms with Crippen LogP contribution in [0, 0.1) is 5.92 Å². The quantitative estimate of drug-likeness (QED) is 0.716. The van der Waals surface area contributed by atoms with Crippen LogP contribution in [0.4, 0.5) is 0 Å². The molecule has 0 aromatic rings. The van der Waals surface area contributed by atoms with Crippen LogP contribution in [0.25, 0.3) is 0 Å². The minimum Gasteiger partial charge on any atom is -0.480 e. The van der Waals surface area contributed by atoms with Gasteiger partial charge in [-0.2, -0.15) is 0 Å². The van der Waals surface area contributed by atoms with Crippen LogP contribution in [0.2, 0.25) is 0 Å². The summed E-state index contributed by atoms with van der Waals surface area (Å²) >= 11 is 0. The van der Waals surface area contributed by atoms with Crippen LogP contribution < -0.4 is 5.32 Å². The Bertz CT molecular complexity index is 365. The molecule has 2 unspecified atom stereocenters. The van der Waals surface area contributed by atoms with E-state index in [2.05, 4.69) is 17.1 Å². The van der Waals surface area contributed by atoms with Gasteiger partial charge in [0.25, 0.3) is 0 Å². The standard InChI is InChI=1S/C16H28N2O2/c1-2-9-18(11-12-3-4-12)14-7-8-16(10-14,15(19)20)17-13-5-6-13/h12-14,17H,2-11H2,1H3,(H,19,20). The molecule has 0 aromatic carbocycles. The highest BCUT2D eigenvalue weighted by Crippen LogP contribution is 2.38. The minimum atomic E-state index is -0.638. The third kappa shape index (κ3) is 3.17. The Morgan fingerprint density at radius 3 is 2.60 bits per heavy atom. The van der Waals surface area contributed by atoms with Crippen molar-refractivity contribution in [3.05, 3.63) is 0 Å². The number of rotatable bonds is 8. The Morgan fingerprint density at radius 2 is 2.05 bits per heavy atom. The highest BCUT2D eigenvalue weighted by atomic mass is 16.4.